The highest BCUT2D eigenvalue weighted by molar-refractivity contribution is 6.04. The van der Waals surface area contributed by atoms with Crippen LogP contribution in [0.1, 0.15) is 16.2 Å². The molecule has 6 nitrogen and oxygen atoms in total. The monoisotopic (exact) mass is 229 g/mol. The summed E-state index contributed by atoms with van der Waals surface area (Å²) in [5.74, 6) is 0.0687. The second kappa shape index (κ2) is 3.58. The van der Waals surface area contributed by atoms with Crippen molar-refractivity contribution < 1.29 is 4.79 Å². The molecule has 0 atom stereocenters. The zero-order valence-electron chi connectivity index (χ0n) is 9.05. The maximum atomic E-state index is 12.2. The number of H-pyrrole nitrogens is 1. The fourth-order valence-electron chi connectivity index (χ4n) is 2.05. The van der Waals surface area contributed by atoms with Crippen LogP contribution in [0.3, 0.4) is 0 Å². The van der Waals surface area contributed by atoms with E-state index in [1.165, 1.54) is 5.56 Å². The number of anilines is 2. The first kappa shape index (κ1) is 9.83. The van der Waals surface area contributed by atoms with Crippen LogP contribution >= 0.6 is 0 Å². The van der Waals surface area contributed by atoms with Gasteiger partial charge in [0.15, 0.2) is 0 Å². The van der Waals surface area contributed by atoms with Gasteiger partial charge in [0.1, 0.15) is 0 Å². The van der Waals surface area contributed by atoms with Crippen LogP contribution in [-0.4, -0.2) is 27.6 Å². The minimum Gasteiger partial charge on any atom is -0.366 e. The number of para-hydroxylation sites is 1. The van der Waals surface area contributed by atoms with E-state index in [9.17, 15) is 4.79 Å². The molecule has 0 radical (unpaired) electrons. The van der Waals surface area contributed by atoms with Crippen LogP contribution in [0.5, 0.6) is 0 Å². The number of amides is 1. The molecule has 17 heavy (non-hydrogen) atoms. The van der Waals surface area contributed by atoms with E-state index >= 15 is 0 Å². The average molecular weight is 229 g/mol. The zero-order valence-corrected chi connectivity index (χ0v) is 9.05. The lowest BCUT2D eigenvalue weighted by Crippen LogP contribution is -2.29. The number of benzene rings is 1. The van der Waals surface area contributed by atoms with Crippen LogP contribution in [0.4, 0.5) is 11.6 Å². The highest BCUT2D eigenvalue weighted by Gasteiger charge is 2.26. The molecule has 0 aliphatic carbocycles. The zero-order chi connectivity index (χ0) is 11.8. The molecule has 0 unspecified atom stereocenters. The normalized spacial score (nSPS) is 13.8. The fraction of sp³-hybridized carbons (Fsp3) is 0.182. The number of rotatable bonds is 1. The highest BCUT2D eigenvalue weighted by Crippen LogP contribution is 2.28. The van der Waals surface area contributed by atoms with Gasteiger partial charge in [-0.1, -0.05) is 18.2 Å². The van der Waals surface area contributed by atoms with Gasteiger partial charge in [-0.05, 0) is 18.1 Å². The van der Waals surface area contributed by atoms with Crippen LogP contribution < -0.4 is 10.6 Å². The van der Waals surface area contributed by atoms with Crippen molar-refractivity contribution in [2.75, 3.05) is 17.2 Å². The summed E-state index contributed by atoms with van der Waals surface area (Å²) >= 11 is 0. The van der Waals surface area contributed by atoms with Crippen LogP contribution in [0.25, 0.3) is 0 Å². The number of hydrogen-bond donors (Lipinski definition) is 2. The molecule has 2 aromatic rings. The Morgan fingerprint density at radius 1 is 1.41 bits per heavy atom. The minimum absolute atomic E-state index is 0.0841. The number of nitrogens with two attached hydrogens (primary N) is 1. The van der Waals surface area contributed by atoms with Crippen LogP contribution in [0.15, 0.2) is 24.3 Å². The Hall–Kier alpha value is -2.37. The van der Waals surface area contributed by atoms with Crippen molar-refractivity contribution in [1.82, 2.24) is 15.2 Å². The van der Waals surface area contributed by atoms with E-state index in [1.54, 1.807) is 4.90 Å². The number of fused-ring (bicyclic) bond motifs is 1. The Bertz CT molecular complexity index is 577. The number of nitrogens with zero attached hydrogens (tertiary/aromatic N) is 3. The molecule has 2 heterocycles. The molecule has 1 aliphatic rings. The van der Waals surface area contributed by atoms with Crippen LogP contribution in [-0.2, 0) is 6.42 Å². The fourth-order valence-corrected chi connectivity index (χ4v) is 2.05. The predicted molar refractivity (Wildman–Crippen MR) is 62.6 cm³/mol. The molecule has 1 aromatic carbocycles. The van der Waals surface area contributed by atoms with E-state index in [-0.39, 0.29) is 17.7 Å². The summed E-state index contributed by atoms with van der Waals surface area (Å²) in [7, 11) is 0. The molecule has 1 aromatic heterocycles. The summed E-state index contributed by atoms with van der Waals surface area (Å²) in [6.45, 7) is 0.665. The summed E-state index contributed by atoms with van der Waals surface area (Å²) in [5.41, 5.74) is 7.50. The van der Waals surface area contributed by atoms with E-state index in [1.807, 2.05) is 24.3 Å². The third-order valence-electron chi connectivity index (χ3n) is 2.84. The van der Waals surface area contributed by atoms with Gasteiger partial charge in [-0.25, -0.2) is 0 Å². The first-order valence-electron chi connectivity index (χ1n) is 5.33. The van der Waals surface area contributed by atoms with Crippen LogP contribution in [0, 0.1) is 0 Å². The molecule has 6 heteroatoms. The van der Waals surface area contributed by atoms with E-state index in [0.717, 1.165) is 12.1 Å². The first-order valence-corrected chi connectivity index (χ1v) is 5.33. The second-order valence-corrected chi connectivity index (χ2v) is 3.88. The molecular formula is C11H11N5O. The van der Waals surface area contributed by atoms with Gasteiger partial charge in [0, 0.05) is 12.2 Å². The van der Waals surface area contributed by atoms with Gasteiger partial charge in [0.25, 0.3) is 5.91 Å². The number of carbonyl (C=O) groups is 1. The summed E-state index contributed by atoms with van der Waals surface area (Å²) in [4.78, 5) is 17.7. The van der Waals surface area contributed by atoms with Crippen molar-refractivity contribution in [3.63, 3.8) is 0 Å². The Labute approximate surface area is 97.5 Å². The molecule has 3 N–H and O–H groups in total. The van der Waals surface area contributed by atoms with Crippen molar-refractivity contribution in [3.05, 3.63) is 35.7 Å². The van der Waals surface area contributed by atoms with E-state index in [0.29, 0.717) is 6.54 Å². The molecular weight excluding hydrogens is 218 g/mol. The van der Waals surface area contributed by atoms with Gasteiger partial charge < -0.3 is 10.6 Å². The molecule has 0 saturated heterocycles. The van der Waals surface area contributed by atoms with Gasteiger partial charge in [0.2, 0.25) is 11.8 Å². The quantitative estimate of drug-likeness (QED) is 0.749. The SMILES string of the molecule is Nc1n[nH]c(C(=O)N2CCc3ccccc32)n1. The van der Waals surface area contributed by atoms with E-state index in [2.05, 4.69) is 15.2 Å². The predicted octanol–water partition coefficient (Wildman–Crippen LogP) is 0.590. The summed E-state index contributed by atoms with van der Waals surface area (Å²) in [5, 5.41) is 6.19. The number of carbonyl (C=O) groups excluding carboxylic acids is 1. The first-order chi connectivity index (χ1) is 8.25. The number of aromatic nitrogens is 3. The maximum Gasteiger partial charge on any atom is 0.295 e. The Kier molecular flexibility index (Phi) is 2.07. The van der Waals surface area contributed by atoms with Crippen molar-refractivity contribution in [1.29, 1.82) is 0 Å². The van der Waals surface area contributed by atoms with Crippen molar-refractivity contribution in [2.24, 2.45) is 0 Å². The highest BCUT2D eigenvalue weighted by atomic mass is 16.2. The number of nitrogen functional groups attached to an aromatic ring is 1. The number of nitrogens with one attached hydrogen (secondary N) is 1. The molecule has 0 saturated carbocycles. The third-order valence-corrected chi connectivity index (χ3v) is 2.84. The molecule has 86 valence electrons. The maximum absolute atomic E-state index is 12.2. The van der Waals surface area contributed by atoms with Gasteiger partial charge in [-0.2, -0.15) is 4.98 Å². The summed E-state index contributed by atoms with van der Waals surface area (Å²) in [6, 6.07) is 7.84. The molecule has 0 spiro atoms. The van der Waals surface area contributed by atoms with Gasteiger partial charge >= 0.3 is 0 Å². The third kappa shape index (κ3) is 1.54. The number of aromatic amines is 1. The van der Waals surface area contributed by atoms with Gasteiger partial charge in [0.05, 0.1) is 0 Å². The molecule has 0 fully saturated rings. The molecule has 1 aliphatic heterocycles. The largest absolute Gasteiger partial charge is 0.366 e. The summed E-state index contributed by atoms with van der Waals surface area (Å²) < 4.78 is 0. The Morgan fingerprint density at radius 2 is 2.24 bits per heavy atom. The molecule has 0 bridgehead atoms. The lowest BCUT2D eigenvalue weighted by atomic mass is 10.2. The van der Waals surface area contributed by atoms with Crippen molar-refractivity contribution in [2.45, 2.75) is 6.42 Å². The molecule has 1 amide bonds. The standard InChI is InChI=1S/C11H11N5O/c12-11-13-9(14-15-11)10(17)16-6-5-7-3-1-2-4-8(7)16/h1-4H,5-6H2,(H3,12,13,14,15). The second-order valence-electron chi connectivity index (χ2n) is 3.88. The number of hydrogen-bond acceptors (Lipinski definition) is 4. The lowest BCUT2D eigenvalue weighted by Gasteiger charge is -2.15. The summed E-state index contributed by atoms with van der Waals surface area (Å²) in [6.07, 6.45) is 0.867. The van der Waals surface area contributed by atoms with Crippen molar-refractivity contribution >= 4 is 17.5 Å². The Morgan fingerprint density at radius 3 is 3.00 bits per heavy atom. The van der Waals surface area contributed by atoms with Crippen LogP contribution in [0.2, 0.25) is 0 Å². The average Bonchev–Trinajstić information content (AvgIpc) is 2.94. The smallest absolute Gasteiger partial charge is 0.295 e. The topological polar surface area (TPSA) is 87.9 Å². The van der Waals surface area contributed by atoms with E-state index < -0.39 is 0 Å². The van der Waals surface area contributed by atoms with Crippen molar-refractivity contribution in [3.8, 4) is 0 Å². The Balaban J connectivity index is 1.95. The molecule has 3 rings (SSSR count). The van der Waals surface area contributed by atoms with E-state index in [4.69, 9.17) is 5.73 Å². The minimum atomic E-state index is -0.195. The van der Waals surface area contributed by atoms with Gasteiger partial charge in [-0.15, -0.1) is 5.10 Å². The van der Waals surface area contributed by atoms with Gasteiger partial charge in [-0.3, -0.25) is 9.89 Å². The lowest BCUT2D eigenvalue weighted by molar-refractivity contribution is 0.0980.